The van der Waals surface area contributed by atoms with Crippen LogP contribution in [0.15, 0.2) is 23.0 Å². The van der Waals surface area contributed by atoms with Crippen LogP contribution in [0.1, 0.15) is 22.4 Å². The number of aromatic amines is 1. The Morgan fingerprint density at radius 2 is 2.07 bits per heavy atom. The van der Waals surface area contributed by atoms with Crippen molar-refractivity contribution in [3.05, 3.63) is 50.9 Å². The largest absolute Gasteiger partial charge is 0.394 e. The zero-order valence-corrected chi connectivity index (χ0v) is 16.1. The van der Waals surface area contributed by atoms with Gasteiger partial charge in [0.25, 0.3) is 5.56 Å². The van der Waals surface area contributed by atoms with E-state index in [2.05, 4.69) is 20.6 Å². The number of hydrogen-bond acceptors (Lipinski definition) is 7. The van der Waals surface area contributed by atoms with E-state index in [1.807, 2.05) is 32.0 Å². The van der Waals surface area contributed by atoms with Crippen molar-refractivity contribution in [1.29, 1.82) is 5.41 Å². The number of hydrogen-bond donors (Lipinski definition) is 5. The molecule has 152 valence electrons. The Balaban J connectivity index is 2.15. The number of nitrogens with one attached hydrogen (secondary N) is 4. The number of rotatable bonds is 11. The lowest BCUT2D eigenvalue weighted by atomic mass is 10.1. The quantitative estimate of drug-likeness (QED) is 0.294. The van der Waals surface area contributed by atoms with Gasteiger partial charge in [-0.25, -0.2) is 9.37 Å². The molecule has 1 aromatic carbocycles. The molecule has 0 unspecified atom stereocenters. The first-order chi connectivity index (χ1) is 13.5. The number of benzene rings is 1. The van der Waals surface area contributed by atoms with E-state index in [-0.39, 0.29) is 49.4 Å². The zero-order valence-electron chi connectivity index (χ0n) is 16.1. The van der Waals surface area contributed by atoms with E-state index in [0.29, 0.717) is 6.54 Å². The smallest absolute Gasteiger partial charge is 0.276 e. The molecule has 0 aliphatic carbocycles. The van der Waals surface area contributed by atoms with Gasteiger partial charge in [0, 0.05) is 13.1 Å². The SMILES string of the molecule is Cc1ccc(CNc2nc(C(=N)CF)c(NCCOCCO)c(=O)[nH]2)cc1C. The molecule has 8 nitrogen and oxygen atoms in total. The van der Waals surface area contributed by atoms with Gasteiger partial charge >= 0.3 is 0 Å². The van der Waals surface area contributed by atoms with Crippen molar-refractivity contribution in [1.82, 2.24) is 9.97 Å². The van der Waals surface area contributed by atoms with Crippen molar-refractivity contribution in [2.24, 2.45) is 0 Å². The second-order valence-electron chi connectivity index (χ2n) is 6.29. The second kappa shape index (κ2) is 10.5. The fourth-order valence-electron chi connectivity index (χ4n) is 2.52. The molecule has 0 aliphatic heterocycles. The summed E-state index contributed by atoms with van der Waals surface area (Å²) in [7, 11) is 0. The summed E-state index contributed by atoms with van der Waals surface area (Å²) in [6.45, 7) is 4.02. The van der Waals surface area contributed by atoms with Crippen molar-refractivity contribution in [2.45, 2.75) is 20.4 Å². The van der Waals surface area contributed by atoms with Gasteiger partial charge in [0.15, 0.2) is 0 Å². The first-order valence-corrected chi connectivity index (χ1v) is 8.96. The number of H-pyrrole nitrogens is 1. The number of halogens is 1. The third-order valence-electron chi connectivity index (χ3n) is 4.15. The molecular weight excluding hydrogens is 365 g/mol. The Hall–Kier alpha value is -2.78. The number of aromatic nitrogens is 2. The van der Waals surface area contributed by atoms with Crippen molar-refractivity contribution < 1.29 is 14.2 Å². The summed E-state index contributed by atoms with van der Waals surface area (Å²) in [5.41, 5.74) is 2.43. The monoisotopic (exact) mass is 391 g/mol. The molecule has 0 bridgehead atoms. The van der Waals surface area contributed by atoms with Crippen LogP contribution in [0.4, 0.5) is 16.0 Å². The maximum Gasteiger partial charge on any atom is 0.276 e. The average Bonchev–Trinajstić information content (AvgIpc) is 2.69. The van der Waals surface area contributed by atoms with Gasteiger partial charge in [-0.05, 0) is 30.5 Å². The Labute approximate surface area is 162 Å². The molecule has 2 aromatic rings. The minimum Gasteiger partial charge on any atom is -0.394 e. The predicted octanol–water partition coefficient (Wildman–Crippen LogP) is 1.76. The van der Waals surface area contributed by atoms with E-state index in [9.17, 15) is 9.18 Å². The normalized spacial score (nSPS) is 10.7. The number of anilines is 2. The van der Waals surface area contributed by atoms with Gasteiger partial charge in [-0.1, -0.05) is 18.2 Å². The van der Waals surface area contributed by atoms with Crippen LogP contribution >= 0.6 is 0 Å². The maximum absolute atomic E-state index is 13.1. The summed E-state index contributed by atoms with van der Waals surface area (Å²) in [5.74, 6) is 0.165. The van der Waals surface area contributed by atoms with Crippen molar-refractivity contribution >= 4 is 17.3 Å². The van der Waals surface area contributed by atoms with Crippen molar-refractivity contribution in [3.63, 3.8) is 0 Å². The Morgan fingerprint density at radius 1 is 1.29 bits per heavy atom. The Kier molecular flexibility index (Phi) is 8.09. The van der Waals surface area contributed by atoms with Gasteiger partial charge in [0.1, 0.15) is 18.1 Å². The Morgan fingerprint density at radius 3 is 2.75 bits per heavy atom. The molecule has 9 heteroatoms. The molecule has 1 heterocycles. The standard InChI is InChI=1S/C19H26FN5O3/c1-12-3-4-14(9-13(12)2)11-23-19-24-16(15(21)10-20)17(18(27)25-19)22-5-7-28-8-6-26/h3-4,9,21-22,26H,5-8,10-11H2,1-2H3,(H2,23,24,25,27). The van der Waals surface area contributed by atoms with Gasteiger partial charge < -0.3 is 25.9 Å². The molecule has 0 radical (unpaired) electrons. The van der Waals surface area contributed by atoms with Gasteiger partial charge in [-0.15, -0.1) is 0 Å². The third-order valence-corrected chi connectivity index (χ3v) is 4.15. The fraction of sp³-hybridized carbons (Fsp3) is 0.421. The highest BCUT2D eigenvalue weighted by atomic mass is 19.1. The number of aliphatic hydroxyl groups excluding tert-OH is 1. The summed E-state index contributed by atoms with van der Waals surface area (Å²) in [6.07, 6.45) is 0. The van der Waals surface area contributed by atoms with E-state index in [0.717, 1.165) is 11.1 Å². The minimum atomic E-state index is -1.04. The predicted molar refractivity (Wildman–Crippen MR) is 107 cm³/mol. The summed E-state index contributed by atoms with van der Waals surface area (Å²) in [6, 6.07) is 6.02. The first kappa shape index (κ1) is 21.5. The average molecular weight is 391 g/mol. The van der Waals surface area contributed by atoms with Gasteiger partial charge in [-0.3, -0.25) is 9.78 Å². The van der Waals surface area contributed by atoms with E-state index < -0.39 is 12.2 Å². The molecule has 0 saturated heterocycles. The molecule has 0 saturated carbocycles. The number of aliphatic hydroxyl groups is 1. The third kappa shape index (κ3) is 5.86. The van der Waals surface area contributed by atoms with Crippen LogP contribution in [0.2, 0.25) is 0 Å². The zero-order chi connectivity index (χ0) is 20.5. The number of nitrogens with zero attached hydrogens (tertiary/aromatic N) is 1. The van der Waals surface area contributed by atoms with Crippen molar-refractivity contribution in [3.8, 4) is 0 Å². The summed E-state index contributed by atoms with van der Waals surface area (Å²) >= 11 is 0. The number of ether oxygens (including phenoxy) is 1. The molecule has 28 heavy (non-hydrogen) atoms. The number of aryl methyl sites for hydroxylation is 2. The lowest BCUT2D eigenvalue weighted by Crippen LogP contribution is -2.25. The highest BCUT2D eigenvalue weighted by Crippen LogP contribution is 2.13. The fourth-order valence-corrected chi connectivity index (χ4v) is 2.52. The van der Waals surface area contributed by atoms with Gasteiger partial charge in [0.2, 0.25) is 5.95 Å². The van der Waals surface area contributed by atoms with E-state index in [1.165, 1.54) is 5.56 Å². The summed E-state index contributed by atoms with van der Waals surface area (Å²) in [5, 5.41) is 22.3. The van der Waals surface area contributed by atoms with Crippen molar-refractivity contribution in [2.75, 3.05) is 43.7 Å². The van der Waals surface area contributed by atoms with Crippen LogP contribution in [0.3, 0.4) is 0 Å². The molecule has 0 aliphatic rings. The molecule has 2 rings (SSSR count). The molecule has 5 N–H and O–H groups in total. The van der Waals surface area contributed by atoms with Crippen LogP contribution in [0, 0.1) is 19.3 Å². The second-order valence-corrected chi connectivity index (χ2v) is 6.29. The topological polar surface area (TPSA) is 123 Å². The van der Waals surface area contributed by atoms with Crippen LogP contribution in [0.25, 0.3) is 0 Å². The van der Waals surface area contributed by atoms with E-state index >= 15 is 0 Å². The lowest BCUT2D eigenvalue weighted by molar-refractivity contribution is 0.0992. The van der Waals surface area contributed by atoms with Crippen LogP contribution in [0.5, 0.6) is 0 Å². The first-order valence-electron chi connectivity index (χ1n) is 8.96. The minimum absolute atomic E-state index is 0.0204. The van der Waals surface area contributed by atoms with Crippen LogP contribution in [-0.2, 0) is 11.3 Å². The summed E-state index contributed by atoms with van der Waals surface area (Å²) in [4.78, 5) is 19.2. The number of alkyl halides is 1. The molecule has 0 atom stereocenters. The molecule has 1 aromatic heterocycles. The van der Waals surface area contributed by atoms with E-state index in [1.54, 1.807) is 0 Å². The van der Waals surface area contributed by atoms with Gasteiger partial charge in [-0.2, -0.15) is 0 Å². The lowest BCUT2D eigenvalue weighted by Gasteiger charge is -2.13. The van der Waals surface area contributed by atoms with E-state index in [4.69, 9.17) is 15.3 Å². The van der Waals surface area contributed by atoms with Crippen LogP contribution in [-0.4, -0.2) is 53.8 Å². The van der Waals surface area contributed by atoms with Gasteiger partial charge in [0.05, 0.1) is 25.5 Å². The molecular formula is C19H26FN5O3. The maximum atomic E-state index is 13.1. The summed E-state index contributed by atoms with van der Waals surface area (Å²) < 4.78 is 18.2. The molecule has 0 fully saturated rings. The molecule has 0 spiro atoms. The Bertz CT molecular complexity index is 869. The molecule has 0 amide bonds. The van der Waals surface area contributed by atoms with Crippen LogP contribution < -0.4 is 16.2 Å². The highest BCUT2D eigenvalue weighted by Gasteiger charge is 2.15. The highest BCUT2D eigenvalue weighted by molar-refractivity contribution is 6.02.